The highest BCUT2D eigenvalue weighted by Gasteiger charge is 2.36. The fourth-order valence-electron chi connectivity index (χ4n) is 2.05. The van der Waals surface area contributed by atoms with Crippen LogP contribution in [0.2, 0.25) is 0 Å². The molecule has 0 aromatic heterocycles. The van der Waals surface area contributed by atoms with Crippen LogP contribution in [0.4, 0.5) is 17.6 Å². The number of piperidine rings is 1. The fraction of sp³-hybridized carbons (Fsp3) is 0.385. The number of benzene rings is 1. The van der Waals surface area contributed by atoms with Crippen molar-refractivity contribution in [2.45, 2.75) is 19.0 Å². The molecule has 1 fully saturated rings. The Hall–Kier alpha value is -1.92. The summed E-state index contributed by atoms with van der Waals surface area (Å²) in [5.74, 6) is -2.40. The molecule has 0 radical (unpaired) electrons. The average Bonchev–Trinajstić information content (AvgIpc) is 2.37. The van der Waals surface area contributed by atoms with E-state index in [9.17, 15) is 27.2 Å². The second kappa shape index (κ2) is 5.22. The molecule has 0 saturated carbocycles. The molecule has 1 amide bonds. The molecule has 1 aromatic rings. The summed E-state index contributed by atoms with van der Waals surface area (Å²) >= 11 is 0. The minimum atomic E-state index is -4.85. The van der Waals surface area contributed by atoms with Gasteiger partial charge in [0.2, 0.25) is 0 Å². The van der Waals surface area contributed by atoms with E-state index in [0.717, 1.165) is 12.1 Å². The zero-order valence-electron chi connectivity index (χ0n) is 10.3. The number of Topliss-reactive ketones (excluding diaryl/α,β-unsaturated/α-hetero) is 1. The van der Waals surface area contributed by atoms with E-state index in [2.05, 4.69) is 0 Å². The van der Waals surface area contributed by atoms with E-state index in [-0.39, 0.29) is 31.7 Å². The van der Waals surface area contributed by atoms with Crippen molar-refractivity contribution in [3.8, 4) is 0 Å². The van der Waals surface area contributed by atoms with Crippen molar-refractivity contribution in [3.63, 3.8) is 0 Å². The van der Waals surface area contributed by atoms with Crippen LogP contribution >= 0.6 is 0 Å². The minimum Gasteiger partial charge on any atom is -0.338 e. The van der Waals surface area contributed by atoms with Crippen molar-refractivity contribution in [1.29, 1.82) is 0 Å². The number of hydrogen-bond acceptors (Lipinski definition) is 2. The maximum Gasteiger partial charge on any atom is 0.419 e. The van der Waals surface area contributed by atoms with Crippen molar-refractivity contribution in [2.24, 2.45) is 0 Å². The predicted octanol–water partition coefficient (Wildman–Crippen LogP) is 2.65. The fourth-order valence-corrected chi connectivity index (χ4v) is 2.05. The van der Waals surface area contributed by atoms with Gasteiger partial charge in [-0.2, -0.15) is 13.2 Å². The number of rotatable bonds is 1. The first-order chi connectivity index (χ1) is 9.30. The van der Waals surface area contributed by atoms with Gasteiger partial charge < -0.3 is 4.90 Å². The predicted molar refractivity (Wildman–Crippen MR) is 61.5 cm³/mol. The Labute approximate surface area is 112 Å². The van der Waals surface area contributed by atoms with Crippen LogP contribution in [-0.2, 0) is 11.0 Å². The lowest BCUT2D eigenvalue weighted by Gasteiger charge is -2.26. The standard InChI is InChI=1S/C13H11F4NO2/c14-11-9(2-1-3-10(11)13(15,16)17)12(20)18-6-4-8(19)5-7-18/h1-3H,4-7H2. The molecule has 1 aromatic carbocycles. The van der Waals surface area contributed by atoms with Crippen LogP contribution in [-0.4, -0.2) is 29.7 Å². The number of ketones is 1. The second-order valence-electron chi connectivity index (χ2n) is 4.50. The van der Waals surface area contributed by atoms with Crippen molar-refractivity contribution in [1.82, 2.24) is 4.90 Å². The van der Waals surface area contributed by atoms with Crippen LogP contribution in [0.3, 0.4) is 0 Å². The van der Waals surface area contributed by atoms with Crippen LogP contribution in [0.5, 0.6) is 0 Å². The van der Waals surface area contributed by atoms with Gasteiger partial charge in [0.05, 0.1) is 11.1 Å². The minimum absolute atomic E-state index is 0.0152. The summed E-state index contributed by atoms with van der Waals surface area (Å²) < 4.78 is 51.5. The van der Waals surface area contributed by atoms with Crippen molar-refractivity contribution in [3.05, 3.63) is 35.1 Å². The van der Waals surface area contributed by atoms with Gasteiger partial charge in [-0.25, -0.2) is 4.39 Å². The van der Waals surface area contributed by atoms with Crippen molar-refractivity contribution in [2.75, 3.05) is 13.1 Å². The third-order valence-electron chi connectivity index (χ3n) is 3.14. The maximum atomic E-state index is 13.8. The highest BCUT2D eigenvalue weighted by molar-refractivity contribution is 5.96. The van der Waals surface area contributed by atoms with E-state index in [1.165, 1.54) is 4.90 Å². The summed E-state index contributed by atoms with van der Waals surface area (Å²) in [5.41, 5.74) is -2.08. The Bertz CT molecular complexity index is 544. The Balaban J connectivity index is 2.29. The molecule has 1 saturated heterocycles. The van der Waals surface area contributed by atoms with Gasteiger partial charge in [0.15, 0.2) is 0 Å². The first-order valence-electron chi connectivity index (χ1n) is 5.97. The molecule has 0 aliphatic carbocycles. The van der Waals surface area contributed by atoms with Crippen molar-refractivity contribution >= 4 is 11.7 Å². The monoisotopic (exact) mass is 289 g/mol. The quantitative estimate of drug-likeness (QED) is 0.745. The highest BCUT2D eigenvalue weighted by Crippen LogP contribution is 2.32. The summed E-state index contributed by atoms with van der Waals surface area (Å²) in [4.78, 5) is 24.3. The molecule has 0 unspecified atom stereocenters. The number of amides is 1. The Kier molecular flexibility index (Phi) is 3.78. The van der Waals surface area contributed by atoms with Crippen LogP contribution in [0.15, 0.2) is 18.2 Å². The summed E-state index contributed by atoms with van der Waals surface area (Å²) in [5, 5.41) is 0. The van der Waals surface area contributed by atoms with E-state index in [0.29, 0.717) is 6.07 Å². The summed E-state index contributed by atoms with van der Waals surface area (Å²) in [6.07, 6.45) is -4.56. The molecule has 0 bridgehead atoms. The van der Waals surface area contributed by atoms with E-state index >= 15 is 0 Å². The zero-order valence-corrected chi connectivity index (χ0v) is 10.3. The molecule has 3 nitrogen and oxygen atoms in total. The average molecular weight is 289 g/mol. The third-order valence-corrected chi connectivity index (χ3v) is 3.14. The first-order valence-corrected chi connectivity index (χ1v) is 5.97. The normalized spacial score (nSPS) is 16.4. The lowest BCUT2D eigenvalue weighted by Crippen LogP contribution is -2.39. The molecule has 7 heteroatoms. The van der Waals surface area contributed by atoms with Gasteiger partial charge >= 0.3 is 6.18 Å². The summed E-state index contributed by atoms with van der Waals surface area (Å²) in [6, 6.07) is 2.60. The van der Waals surface area contributed by atoms with Crippen LogP contribution in [0.25, 0.3) is 0 Å². The largest absolute Gasteiger partial charge is 0.419 e. The molecular weight excluding hydrogens is 278 g/mol. The lowest BCUT2D eigenvalue weighted by atomic mass is 10.1. The topological polar surface area (TPSA) is 37.4 Å². The van der Waals surface area contributed by atoms with Gasteiger partial charge in [-0.15, -0.1) is 0 Å². The summed E-state index contributed by atoms with van der Waals surface area (Å²) in [7, 11) is 0. The molecule has 1 heterocycles. The third kappa shape index (κ3) is 2.81. The number of carbonyl (C=O) groups is 2. The Morgan fingerprint density at radius 1 is 1.15 bits per heavy atom. The van der Waals surface area contributed by atoms with Gasteiger partial charge in [0, 0.05) is 25.9 Å². The van der Waals surface area contributed by atoms with Crippen molar-refractivity contribution < 1.29 is 27.2 Å². The molecule has 1 aliphatic heterocycles. The number of hydrogen-bond donors (Lipinski definition) is 0. The molecule has 20 heavy (non-hydrogen) atoms. The van der Waals surface area contributed by atoms with Crippen LogP contribution < -0.4 is 0 Å². The Morgan fingerprint density at radius 3 is 2.30 bits per heavy atom. The second-order valence-corrected chi connectivity index (χ2v) is 4.50. The van der Waals surface area contributed by atoms with Crippen LogP contribution in [0, 0.1) is 5.82 Å². The molecule has 0 spiro atoms. The van der Waals surface area contributed by atoms with E-state index in [1.54, 1.807) is 0 Å². The molecular formula is C13H11F4NO2. The van der Waals surface area contributed by atoms with E-state index in [4.69, 9.17) is 0 Å². The molecule has 0 atom stereocenters. The molecule has 0 N–H and O–H groups in total. The SMILES string of the molecule is O=C1CCN(C(=O)c2cccc(C(F)(F)F)c2F)CC1. The highest BCUT2D eigenvalue weighted by atomic mass is 19.4. The zero-order chi connectivity index (χ0) is 14.9. The Morgan fingerprint density at radius 2 is 1.75 bits per heavy atom. The van der Waals surface area contributed by atoms with Gasteiger partial charge in [-0.3, -0.25) is 9.59 Å². The maximum absolute atomic E-state index is 13.8. The molecule has 108 valence electrons. The van der Waals surface area contributed by atoms with E-state index in [1.807, 2.05) is 0 Å². The lowest BCUT2D eigenvalue weighted by molar-refractivity contribution is -0.140. The number of likely N-dealkylation sites (tertiary alicyclic amines) is 1. The van der Waals surface area contributed by atoms with Gasteiger partial charge in [-0.05, 0) is 12.1 Å². The molecule has 1 aliphatic rings. The number of carbonyl (C=O) groups excluding carboxylic acids is 2. The van der Waals surface area contributed by atoms with Crippen LogP contribution in [0.1, 0.15) is 28.8 Å². The van der Waals surface area contributed by atoms with Gasteiger partial charge in [0.25, 0.3) is 5.91 Å². The number of alkyl halides is 3. The molecule has 2 rings (SSSR count). The number of nitrogens with zero attached hydrogens (tertiary/aromatic N) is 1. The number of halogens is 4. The van der Waals surface area contributed by atoms with Gasteiger partial charge in [0.1, 0.15) is 11.6 Å². The van der Waals surface area contributed by atoms with E-state index < -0.39 is 29.0 Å². The van der Waals surface area contributed by atoms with Gasteiger partial charge in [-0.1, -0.05) is 6.07 Å². The first kappa shape index (κ1) is 14.5. The summed E-state index contributed by atoms with van der Waals surface area (Å²) in [6.45, 7) is 0.209. The smallest absolute Gasteiger partial charge is 0.338 e.